The van der Waals surface area contributed by atoms with E-state index in [0.717, 1.165) is 21.5 Å². The number of hydrogen-bond acceptors (Lipinski definition) is 5. The van der Waals surface area contributed by atoms with Crippen LogP contribution in [0, 0.1) is 20.8 Å². The Morgan fingerprint density at radius 2 is 1.79 bits per heavy atom. The highest BCUT2D eigenvalue weighted by Crippen LogP contribution is 2.27. The molecule has 0 aliphatic rings. The molecule has 0 aliphatic heterocycles. The summed E-state index contributed by atoms with van der Waals surface area (Å²) in [4.78, 5) is 29.8. The van der Waals surface area contributed by atoms with Crippen molar-refractivity contribution < 1.29 is 9.59 Å². The van der Waals surface area contributed by atoms with E-state index in [1.165, 1.54) is 11.3 Å². The van der Waals surface area contributed by atoms with Gasteiger partial charge >= 0.3 is 0 Å². The van der Waals surface area contributed by atoms with Crippen LogP contribution < -0.4 is 5.32 Å². The standard InChI is InChI=1S/C21H18N4O2S/c1-12-9-10-16-17(11-12)28-21(22-16)23-20(27)19(26)18-13(2)24-25(14(18)3)15-7-5-4-6-8-15/h4-11H,1-3H3,(H,22,23,27). The zero-order chi connectivity index (χ0) is 19.8. The van der Waals surface area contributed by atoms with Crippen LogP contribution in [0.5, 0.6) is 0 Å². The van der Waals surface area contributed by atoms with Gasteiger partial charge in [-0.3, -0.25) is 14.9 Å². The van der Waals surface area contributed by atoms with Gasteiger partial charge in [-0.25, -0.2) is 9.67 Å². The Morgan fingerprint density at radius 1 is 1.04 bits per heavy atom. The Labute approximate surface area is 165 Å². The first-order chi connectivity index (χ1) is 13.4. The predicted octanol–water partition coefficient (Wildman–Crippen LogP) is 4.23. The number of para-hydroxylation sites is 1. The summed E-state index contributed by atoms with van der Waals surface area (Å²) in [6, 6.07) is 15.4. The number of ketones is 1. The van der Waals surface area contributed by atoms with Crippen LogP contribution in [0.3, 0.4) is 0 Å². The maximum Gasteiger partial charge on any atom is 0.298 e. The highest BCUT2D eigenvalue weighted by molar-refractivity contribution is 7.22. The third-order valence-corrected chi connectivity index (χ3v) is 5.42. The van der Waals surface area contributed by atoms with E-state index in [0.29, 0.717) is 22.1 Å². The Bertz CT molecular complexity index is 1210. The number of anilines is 1. The molecule has 0 aliphatic carbocycles. The summed E-state index contributed by atoms with van der Waals surface area (Å²) in [5, 5.41) is 7.48. The predicted molar refractivity (Wildman–Crippen MR) is 110 cm³/mol. The lowest BCUT2D eigenvalue weighted by molar-refractivity contribution is -0.112. The second kappa shape index (κ2) is 7.01. The molecule has 0 saturated heterocycles. The normalized spacial score (nSPS) is 11.0. The summed E-state index contributed by atoms with van der Waals surface area (Å²) in [7, 11) is 0. The monoisotopic (exact) mass is 390 g/mol. The van der Waals surface area contributed by atoms with Crippen molar-refractivity contribution in [3.63, 3.8) is 0 Å². The van der Waals surface area contributed by atoms with Crippen LogP contribution in [0.4, 0.5) is 5.13 Å². The first-order valence-corrected chi connectivity index (χ1v) is 9.60. The molecule has 0 fully saturated rings. The maximum atomic E-state index is 12.8. The molecule has 4 aromatic rings. The SMILES string of the molecule is Cc1ccc2nc(NC(=O)C(=O)c3c(C)nn(-c4ccccc4)c3C)sc2c1. The molecule has 0 bridgehead atoms. The fourth-order valence-corrected chi connectivity index (χ4v) is 4.10. The average molecular weight is 390 g/mol. The molecule has 28 heavy (non-hydrogen) atoms. The summed E-state index contributed by atoms with van der Waals surface area (Å²) in [6.45, 7) is 5.51. The Morgan fingerprint density at radius 3 is 2.54 bits per heavy atom. The van der Waals surface area contributed by atoms with Crippen molar-refractivity contribution in [3.05, 3.63) is 71.0 Å². The number of rotatable bonds is 4. The second-order valence-electron chi connectivity index (χ2n) is 6.57. The number of nitrogens with one attached hydrogen (secondary N) is 1. The number of fused-ring (bicyclic) bond motifs is 1. The van der Waals surface area contributed by atoms with Gasteiger partial charge in [0.05, 0.1) is 32.9 Å². The van der Waals surface area contributed by atoms with E-state index in [1.54, 1.807) is 18.5 Å². The van der Waals surface area contributed by atoms with Gasteiger partial charge in [0.15, 0.2) is 5.13 Å². The minimum atomic E-state index is -0.713. The fourth-order valence-electron chi connectivity index (χ4n) is 3.14. The van der Waals surface area contributed by atoms with Crippen molar-refractivity contribution in [1.82, 2.24) is 14.8 Å². The lowest BCUT2D eigenvalue weighted by atomic mass is 10.1. The zero-order valence-corrected chi connectivity index (χ0v) is 16.5. The molecule has 0 atom stereocenters. The zero-order valence-electron chi connectivity index (χ0n) is 15.7. The molecule has 140 valence electrons. The number of Topliss-reactive ketones (excluding diaryl/α,β-unsaturated/α-hetero) is 1. The van der Waals surface area contributed by atoms with E-state index >= 15 is 0 Å². The number of amides is 1. The molecule has 0 spiro atoms. The first kappa shape index (κ1) is 18.1. The number of aryl methyl sites for hydroxylation is 2. The van der Waals surface area contributed by atoms with Gasteiger partial charge in [0.1, 0.15) is 0 Å². The van der Waals surface area contributed by atoms with E-state index in [4.69, 9.17) is 0 Å². The van der Waals surface area contributed by atoms with Crippen molar-refractivity contribution in [2.45, 2.75) is 20.8 Å². The van der Waals surface area contributed by atoms with Crippen LogP contribution in [0.25, 0.3) is 15.9 Å². The number of hydrogen-bond donors (Lipinski definition) is 1. The minimum Gasteiger partial charge on any atom is -0.295 e. The smallest absolute Gasteiger partial charge is 0.295 e. The summed E-state index contributed by atoms with van der Waals surface area (Å²) < 4.78 is 2.64. The van der Waals surface area contributed by atoms with Crippen molar-refractivity contribution in [2.75, 3.05) is 5.32 Å². The van der Waals surface area contributed by atoms with Crippen LogP contribution >= 0.6 is 11.3 Å². The number of carbonyl (C=O) groups excluding carboxylic acids is 2. The molecule has 0 unspecified atom stereocenters. The third-order valence-electron chi connectivity index (χ3n) is 4.49. The quantitative estimate of drug-likeness (QED) is 0.418. The van der Waals surface area contributed by atoms with E-state index in [9.17, 15) is 9.59 Å². The van der Waals surface area contributed by atoms with Gasteiger partial charge in [-0.05, 0) is 50.6 Å². The van der Waals surface area contributed by atoms with Crippen LogP contribution in [0.2, 0.25) is 0 Å². The number of aromatic nitrogens is 3. The van der Waals surface area contributed by atoms with E-state index < -0.39 is 11.7 Å². The Kier molecular flexibility index (Phi) is 4.52. The minimum absolute atomic E-state index is 0.318. The van der Waals surface area contributed by atoms with Crippen LogP contribution in [-0.4, -0.2) is 26.5 Å². The highest BCUT2D eigenvalue weighted by Gasteiger charge is 2.25. The molecule has 4 rings (SSSR count). The van der Waals surface area contributed by atoms with E-state index in [1.807, 2.05) is 55.5 Å². The molecule has 7 heteroatoms. The van der Waals surface area contributed by atoms with Gasteiger partial charge in [0, 0.05) is 0 Å². The number of benzene rings is 2. The third kappa shape index (κ3) is 3.20. The van der Waals surface area contributed by atoms with E-state index in [2.05, 4.69) is 15.4 Å². The molecule has 6 nitrogen and oxygen atoms in total. The van der Waals surface area contributed by atoms with Gasteiger partial charge < -0.3 is 0 Å². The van der Waals surface area contributed by atoms with Gasteiger partial charge in [-0.2, -0.15) is 5.10 Å². The maximum absolute atomic E-state index is 12.8. The second-order valence-corrected chi connectivity index (χ2v) is 7.60. The van der Waals surface area contributed by atoms with E-state index in [-0.39, 0.29) is 0 Å². The summed E-state index contributed by atoms with van der Waals surface area (Å²) >= 11 is 1.35. The lowest BCUT2D eigenvalue weighted by Crippen LogP contribution is -2.23. The van der Waals surface area contributed by atoms with Gasteiger partial charge in [0.2, 0.25) is 0 Å². The van der Waals surface area contributed by atoms with Gasteiger partial charge in [0.25, 0.3) is 11.7 Å². The lowest BCUT2D eigenvalue weighted by Gasteiger charge is -2.05. The van der Waals surface area contributed by atoms with Crippen molar-refractivity contribution >= 4 is 38.4 Å². The van der Waals surface area contributed by atoms with Crippen molar-refractivity contribution in [1.29, 1.82) is 0 Å². The van der Waals surface area contributed by atoms with Gasteiger partial charge in [-0.15, -0.1) is 0 Å². The van der Waals surface area contributed by atoms with Crippen molar-refractivity contribution in [2.24, 2.45) is 0 Å². The fraction of sp³-hybridized carbons (Fsp3) is 0.143. The Balaban J connectivity index is 1.62. The average Bonchev–Trinajstić information content (AvgIpc) is 3.21. The first-order valence-electron chi connectivity index (χ1n) is 8.78. The molecule has 2 heterocycles. The van der Waals surface area contributed by atoms with Crippen LogP contribution in [-0.2, 0) is 4.79 Å². The topological polar surface area (TPSA) is 76.9 Å². The molecular weight excluding hydrogens is 372 g/mol. The summed E-state index contributed by atoms with van der Waals surface area (Å²) in [5.74, 6) is -1.33. The summed E-state index contributed by atoms with van der Waals surface area (Å²) in [6.07, 6.45) is 0. The largest absolute Gasteiger partial charge is 0.298 e. The molecule has 1 N–H and O–H groups in total. The number of carbonyl (C=O) groups is 2. The highest BCUT2D eigenvalue weighted by atomic mass is 32.1. The molecular formula is C21H18N4O2S. The molecule has 1 amide bonds. The molecule has 2 aromatic heterocycles. The molecule has 0 radical (unpaired) electrons. The van der Waals surface area contributed by atoms with Gasteiger partial charge in [-0.1, -0.05) is 35.6 Å². The molecule has 0 saturated carbocycles. The number of thiazole rings is 1. The van der Waals surface area contributed by atoms with Crippen molar-refractivity contribution in [3.8, 4) is 5.69 Å². The number of nitrogens with zero attached hydrogens (tertiary/aromatic N) is 3. The van der Waals surface area contributed by atoms with Crippen LogP contribution in [0.1, 0.15) is 27.3 Å². The summed E-state index contributed by atoms with van der Waals surface area (Å²) in [5.41, 5.74) is 4.21. The van der Waals surface area contributed by atoms with Crippen LogP contribution in [0.15, 0.2) is 48.5 Å². The Hall–Kier alpha value is -3.32. The molecule has 2 aromatic carbocycles.